The van der Waals surface area contributed by atoms with E-state index in [1.807, 2.05) is 0 Å². The second kappa shape index (κ2) is 6.35. The van der Waals surface area contributed by atoms with E-state index >= 15 is 0 Å². The summed E-state index contributed by atoms with van der Waals surface area (Å²) in [4.78, 5) is 25.8. The van der Waals surface area contributed by atoms with Crippen LogP contribution < -0.4 is 5.32 Å². The maximum absolute atomic E-state index is 12.2. The molecule has 2 N–H and O–H groups in total. The molecule has 1 fully saturated rings. The number of likely N-dealkylation sites (tertiary alicyclic amines) is 1. The summed E-state index contributed by atoms with van der Waals surface area (Å²) < 4.78 is 0. The molecule has 5 nitrogen and oxygen atoms in total. The highest BCUT2D eigenvalue weighted by atomic mass is 35.5. The van der Waals surface area contributed by atoms with Crippen molar-refractivity contribution in [3.05, 3.63) is 23.2 Å². The minimum absolute atomic E-state index is 0.124. The summed E-state index contributed by atoms with van der Waals surface area (Å²) in [6.45, 7) is 5.30. The molecule has 0 bridgehead atoms. The molecular formula is C15H19ClN2O3. The number of nitrogens with one attached hydrogen (secondary N) is 1. The van der Waals surface area contributed by atoms with Gasteiger partial charge in [-0.25, -0.2) is 0 Å². The number of nitrogens with zero attached hydrogens (tertiary/aromatic N) is 1. The third-order valence-electron chi connectivity index (χ3n) is 3.56. The lowest BCUT2D eigenvalue weighted by Crippen LogP contribution is -2.47. The minimum atomic E-state index is -0.756. The molecule has 0 aliphatic carbocycles. The standard InChI is InChI=1S/C15H19ClN2O3/c1-9-5-10(2)8-18(7-9)15(21)14(20)17-12-6-11(16)3-4-13(12)19/h3-4,6,9-10,19H,5,7-8H2,1-2H3,(H,17,20). The Morgan fingerprint density at radius 2 is 1.90 bits per heavy atom. The number of benzene rings is 1. The van der Waals surface area contributed by atoms with Crippen molar-refractivity contribution in [2.75, 3.05) is 18.4 Å². The van der Waals surface area contributed by atoms with Crippen LogP contribution in [-0.2, 0) is 9.59 Å². The fourth-order valence-corrected chi connectivity index (χ4v) is 2.93. The molecule has 2 unspecified atom stereocenters. The Morgan fingerprint density at radius 1 is 1.29 bits per heavy atom. The van der Waals surface area contributed by atoms with Crippen molar-refractivity contribution in [3.8, 4) is 5.75 Å². The number of phenolic OH excluding ortho intramolecular Hbond substituents is 1. The molecule has 2 rings (SSSR count). The minimum Gasteiger partial charge on any atom is -0.506 e. The van der Waals surface area contributed by atoms with E-state index in [2.05, 4.69) is 19.2 Å². The highest BCUT2D eigenvalue weighted by Gasteiger charge is 2.29. The first-order chi connectivity index (χ1) is 9.86. The molecule has 21 heavy (non-hydrogen) atoms. The summed E-state index contributed by atoms with van der Waals surface area (Å²) in [6, 6.07) is 4.28. The number of phenols is 1. The van der Waals surface area contributed by atoms with E-state index in [1.54, 1.807) is 4.90 Å². The van der Waals surface area contributed by atoms with Crippen LogP contribution in [0.15, 0.2) is 18.2 Å². The van der Waals surface area contributed by atoms with Gasteiger partial charge >= 0.3 is 11.8 Å². The van der Waals surface area contributed by atoms with Gasteiger partial charge in [-0.1, -0.05) is 25.4 Å². The quantitative estimate of drug-likeness (QED) is 0.618. The zero-order valence-electron chi connectivity index (χ0n) is 12.1. The molecule has 1 aromatic rings. The van der Waals surface area contributed by atoms with Crippen molar-refractivity contribution < 1.29 is 14.7 Å². The summed E-state index contributed by atoms with van der Waals surface area (Å²) in [5.74, 6) is -0.697. The third kappa shape index (κ3) is 3.88. The number of aromatic hydroxyl groups is 1. The number of anilines is 1. The number of hydrogen-bond donors (Lipinski definition) is 2. The van der Waals surface area contributed by atoms with Gasteiger partial charge in [0, 0.05) is 18.1 Å². The van der Waals surface area contributed by atoms with E-state index in [0.29, 0.717) is 29.9 Å². The molecule has 0 saturated carbocycles. The summed E-state index contributed by atoms with van der Waals surface area (Å²) in [5, 5.41) is 12.4. The fraction of sp³-hybridized carbons (Fsp3) is 0.467. The third-order valence-corrected chi connectivity index (χ3v) is 3.79. The van der Waals surface area contributed by atoms with E-state index < -0.39 is 11.8 Å². The van der Waals surface area contributed by atoms with Crippen LogP contribution in [0.3, 0.4) is 0 Å². The summed E-state index contributed by atoms with van der Waals surface area (Å²) in [5.41, 5.74) is 0.138. The zero-order valence-corrected chi connectivity index (χ0v) is 12.9. The van der Waals surface area contributed by atoms with Gasteiger partial charge in [0.05, 0.1) is 5.69 Å². The van der Waals surface area contributed by atoms with E-state index in [1.165, 1.54) is 18.2 Å². The van der Waals surface area contributed by atoms with Gasteiger partial charge in [-0.15, -0.1) is 0 Å². The number of piperidine rings is 1. The Hall–Kier alpha value is -1.75. The average molecular weight is 311 g/mol. The molecule has 1 saturated heterocycles. The van der Waals surface area contributed by atoms with Gasteiger partial charge in [0.15, 0.2) is 0 Å². The van der Waals surface area contributed by atoms with Crippen LogP contribution in [0.5, 0.6) is 5.75 Å². The zero-order chi connectivity index (χ0) is 15.6. The van der Waals surface area contributed by atoms with Crippen LogP contribution >= 0.6 is 11.6 Å². The lowest BCUT2D eigenvalue weighted by atomic mass is 9.92. The highest BCUT2D eigenvalue weighted by Crippen LogP contribution is 2.27. The molecule has 114 valence electrons. The van der Waals surface area contributed by atoms with Crippen molar-refractivity contribution in [3.63, 3.8) is 0 Å². The van der Waals surface area contributed by atoms with Crippen LogP contribution in [-0.4, -0.2) is 34.9 Å². The number of carbonyl (C=O) groups is 2. The van der Waals surface area contributed by atoms with E-state index in [-0.39, 0.29) is 11.4 Å². The van der Waals surface area contributed by atoms with Gasteiger partial charge in [0.1, 0.15) is 5.75 Å². The first-order valence-corrected chi connectivity index (χ1v) is 7.33. The summed E-state index contributed by atoms with van der Waals surface area (Å²) in [7, 11) is 0. The molecule has 1 aliphatic heterocycles. The van der Waals surface area contributed by atoms with Gasteiger partial charge < -0.3 is 15.3 Å². The van der Waals surface area contributed by atoms with Gasteiger partial charge in [0.25, 0.3) is 0 Å². The number of amides is 2. The Labute approximate surface area is 128 Å². The average Bonchev–Trinajstić information content (AvgIpc) is 2.41. The highest BCUT2D eigenvalue weighted by molar-refractivity contribution is 6.40. The molecule has 0 spiro atoms. The van der Waals surface area contributed by atoms with Crippen molar-refractivity contribution in [2.45, 2.75) is 20.3 Å². The van der Waals surface area contributed by atoms with Gasteiger partial charge in [-0.2, -0.15) is 0 Å². The fourth-order valence-electron chi connectivity index (χ4n) is 2.76. The van der Waals surface area contributed by atoms with Gasteiger partial charge in [-0.05, 0) is 36.5 Å². The van der Waals surface area contributed by atoms with Crippen LogP contribution in [0, 0.1) is 11.8 Å². The Balaban J connectivity index is 2.06. The number of rotatable bonds is 1. The normalized spacial score (nSPS) is 22.0. The van der Waals surface area contributed by atoms with E-state index in [9.17, 15) is 14.7 Å². The predicted molar refractivity (Wildman–Crippen MR) is 81.3 cm³/mol. The smallest absolute Gasteiger partial charge is 0.314 e. The molecule has 1 heterocycles. The molecule has 6 heteroatoms. The number of halogens is 1. The molecule has 1 aromatic carbocycles. The molecule has 2 atom stereocenters. The molecule has 0 aromatic heterocycles. The van der Waals surface area contributed by atoms with Crippen molar-refractivity contribution in [1.29, 1.82) is 0 Å². The Morgan fingerprint density at radius 3 is 2.52 bits per heavy atom. The molecule has 0 radical (unpaired) electrons. The maximum Gasteiger partial charge on any atom is 0.314 e. The van der Waals surface area contributed by atoms with E-state index in [4.69, 9.17) is 11.6 Å². The summed E-state index contributed by atoms with van der Waals surface area (Å²) in [6.07, 6.45) is 1.06. The predicted octanol–water partition coefficient (Wildman–Crippen LogP) is 2.49. The Kier molecular flexibility index (Phi) is 4.73. The number of hydrogen-bond acceptors (Lipinski definition) is 3. The van der Waals surface area contributed by atoms with Gasteiger partial charge in [-0.3, -0.25) is 9.59 Å². The number of carbonyl (C=O) groups excluding carboxylic acids is 2. The maximum atomic E-state index is 12.2. The second-order valence-electron chi connectivity index (χ2n) is 5.77. The SMILES string of the molecule is CC1CC(C)CN(C(=O)C(=O)Nc2cc(Cl)ccc2O)C1. The van der Waals surface area contributed by atoms with Crippen LogP contribution in [0.2, 0.25) is 5.02 Å². The molecular weight excluding hydrogens is 292 g/mol. The lowest BCUT2D eigenvalue weighted by molar-refractivity contribution is -0.144. The van der Waals surface area contributed by atoms with Gasteiger partial charge in [0.2, 0.25) is 0 Å². The monoisotopic (exact) mass is 310 g/mol. The van der Waals surface area contributed by atoms with Crippen LogP contribution in [0.1, 0.15) is 20.3 Å². The van der Waals surface area contributed by atoms with Crippen LogP contribution in [0.25, 0.3) is 0 Å². The van der Waals surface area contributed by atoms with E-state index in [0.717, 1.165) is 6.42 Å². The Bertz CT molecular complexity index is 552. The lowest BCUT2D eigenvalue weighted by Gasteiger charge is -2.34. The van der Waals surface area contributed by atoms with Crippen molar-refractivity contribution >= 4 is 29.1 Å². The topological polar surface area (TPSA) is 69.6 Å². The first-order valence-electron chi connectivity index (χ1n) is 6.95. The van der Waals surface area contributed by atoms with Crippen molar-refractivity contribution in [1.82, 2.24) is 4.90 Å². The van der Waals surface area contributed by atoms with Crippen LogP contribution in [0.4, 0.5) is 5.69 Å². The molecule has 2 amide bonds. The largest absolute Gasteiger partial charge is 0.506 e. The second-order valence-corrected chi connectivity index (χ2v) is 6.21. The molecule has 1 aliphatic rings. The first kappa shape index (κ1) is 15.6. The summed E-state index contributed by atoms with van der Waals surface area (Å²) >= 11 is 5.81. The van der Waals surface area contributed by atoms with Crippen molar-refractivity contribution in [2.24, 2.45) is 11.8 Å².